The van der Waals surface area contributed by atoms with Crippen LogP contribution in [-0.2, 0) is 16.0 Å². The van der Waals surface area contributed by atoms with E-state index in [1.54, 1.807) is 0 Å². The number of aryl methyl sites for hydroxylation is 2. The van der Waals surface area contributed by atoms with Gasteiger partial charge in [-0.25, -0.2) is 0 Å². The molecule has 1 fully saturated rings. The Morgan fingerprint density at radius 2 is 2.00 bits per heavy atom. The van der Waals surface area contributed by atoms with Gasteiger partial charge in [0.15, 0.2) is 0 Å². The Balaban J connectivity index is 1.85. The van der Waals surface area contributed by atoms with Gasteiger partial charge in [0.1, 0.15) is 11.8 Å². The van der Waals surface area contributed by atoms with Gasteiger partial charge in [-0.3, -0.25) is 9.59 Å². The standard InChI is InChI=1S/C17H24N2O3/c1-11-9-13(10-12(2)16(11)21)7-8-18-17(22)14-5-3-4-6-15(20)19-14/h9-10,14,21H,3-8H2,1-2H3,(H,18,22)(H,19,20). The van der Waals surface area contributed by atoms with Crippen molar-refractivity contribution in [3.05, 3.63) is 28.8 Å². The van der Waals surface area contributed by atoms with Crippen LogP contribution in [0.1, 0.15) is 42.4 Å². The van der Waals surface area contributed by atoms with E-state index in [0.29, 0.717) is 31.6 Å². The largest absolute Gasteiger partial charge is 0.507 e. The second-order valence-corrected chi connectivity index (χ2v) is 5.99. The van der Waals surface area contributed by atoms with Crippen molar-refractivity contribution in [2.24, 2.45) is 0 Å². The van der Waals surface area contributed by atoms with Gasteiger partial charge in [0.2, 0.25) is 11.8 Å². The van der Waals surface area contributed by atoms with Crippen molar-refractivity contribution < 1.29 is 14.7 Å². The smallest absolute Gasteiger partial charge is 0.242 e. The van der Waals surface area contributed by atoms with Crippen molar-refractivity contribution in [1.82, 2.24) is 10.6 Å². The molecule has 0 spiro atoms. The predicted octanol–water partition coefficient (Wildman–Crippen LogP) is 1.73. The maximum Gasteiger partial charge on any atom is 0.242 e. The fraction of sp³-hybridized carbons (Fsp3) is 0.529. The first-order chi connectivity index (χ1) is 10.5. The summed E-state index contributed by atoms with van der Waals surface area (Å²) in [6.07, 6.45) is 3.66. The molecule has 1 saturated heterocycles. The minimum Gasteiger partial charge on any atom is -0.507 e. The number of carbonyl (C=O) groups is 2. The molecule has 1 aromatic rings. The van der Waals surface area contributed by atoms with Gasteiger partial charge in [-0.1, -0.05) is 18.6 Å². The van der Waals surface area contributed by atoms with E-state index in [0.717, 1.165) is 29.5 Å². The van der Waals surface area contributed by atoms with Crippen LogP contribution in [0.2, 0.25) is 0 Å². The highest BCUT2D eigenvalue weighted by Gasteiger charge is 2.22. The summed E-state index contributed by atoms with van der Waals surface area (Å²) in [5, 5.41) is 15.4. The highest BCUT2D eigenvalue weighted by Crippen LogP contribution is 2.22. The van der Waals surface area contributed by atoms with Gasteiger partial charge < -0.3 is 15.7 Å². The van der Waals surface area contributed by atoms with Crippen LogP contribution in [-0.4, -0.2) is 29.5 Å². The van der Waals surface area contributed by atoms with E-state index < -0.39 is 6.04 Å². The van der Waals surface area contributed by atoms with Crippen LogP contribution in [0.25, 0.3) is 0 Å². The summed E-state index contributed by atoms with van der Waals surface area (Å²) in [6.45, 7) is 4.26. The summed E-state index contributed by atoms with van der Waals surface area (Å²) in [5.74, 6) is 0.179. The molecule has 0 saturated carbocycles. The molecule has 0 aromatic heterocycles. The zero-order valence-electron chi connectivity index (χ0n) is 13.2. The summed E-state index contributed by atoms with van der Waals surface area (Å²) in [4.78, 5) is 23.6. The van der Waals surface area contributed by atoms with Crippen molar-refractivity contribution in [1.29, 1.82) is 0 Å². The van der Waals surface area contributed by atoms with E-state index in [1.807, 2.05) is 26.0 Å². The number of phenols is 1. The molecule has 1 atom stereocenters. The SMILES string of the molecule is Cc1cc(CCNC(=O)C2CCCCC(=O)N2)cc(C)c1O. The Morgan fingerprint density at radius 1 is 1.32 bits per heavy atom. The quantitative estimate of drug-likeness (QED) is 0.792. The highest BCUT2D eigenvalue weighted by molar-refractivity contribution is 5.87. The topological polar surface area (TPSA) is 78.4 Å². The molecule has 2 rings (SSSR count). The number of aromatic hydroxyl groups is 1. The summed E-state index contributed by atoms with van der Waals surface area (Å²) < 4.78 is 0. The van der Waals surface area contributed by atoms with E-state index in [-0.39, 0.29) is 11.8 Å². The third-order valence-electron chi connectivity index (χ3n) is 4.06. The second kappa shape index (κ2) is 7.29. The highest BCUT2D eigenvalue weighted by atomic mass is 16.3. The van der Waals surface area contributed by atoms with E-state index in [1.165, 1.54) is 0 Å². The van der Waals surface area contributed by atoms with Crippen LogP contribution in [0.15, 0.2) is 12.1 Å². The van der Waals surface area contributed by atoms with Crippen LogP contribution in [0.3, 0.4) is 0 Å². The maximum atomic E-state index is 12.1. The molecule has 0 aliphatic carbocycles. The molecule has 1 aromatic carbocycles. The molecule has 1 unspecified atom stereocenters. The maximum absolute atomic E-state index is 12.1. The number of nitrogens with one attached hydrogen (secondary N) is 2. The van der Waals surface area contributed by atoms with E-state index in [4.69, 9.17) is 0 Å². The van der Waals surface area contributed by atoms with Crippen LogP contribution < -0.4 is 10.6 Å². The summed E-state index contributed by atoms with van der Waals surface area (Å²) in [5.41, 5.74) is 2.77. The van der Waals surface area contributed by atoms with Gasteiger partial charge >= 0.3 is 0 Å². The number of hydrogen-bond donors (Lipinski definition) is 3. The third kappa shape index (κ3) is 4.23. The lowest BCUT2D eigenvalue weighted by molar-refractivity contribution is -0.128. The Kier molecular flexibility index (Phi) is 5.41. The average molecular weight is 304 g/mol. The van der Waals surface area contributed by atoms with Gasteiger partial charge in [0, 0.05) is 13.0 Å². The number of carbonyl (C=O) groups excluding carboxylic acids is 2. The summed E-state index contributed by atoms with van der Waals surface area (Å²) in [6, 6.07) is 3.46. The number of phenolic OH excluding ortho intramolecular Hbond substituents is 1. The number of benzene rings is 1. The fourth-order valence-corrected chi connectivity index (χ4v) is 2.81. The summed E-state index contributed by atoms with van der Waals surface area (Å²) in [7, 11) is 0. The molecule has 3 N–H and O–H groups in total. The van der Waals surface area contributed by atoms with Gasteiger partial charge in [-0.2, -0.15) is 0 Å². The van der Waals surface area contributed by atoms with Gasteiger partial charge in [-0.15, -0.1) is 0 Å². The molecule has 0 radical (unpaired) electrons. The Bertz CT molecular complexity index is 546. The Hall–Kier alpha value is -2.04. The zero-order valence-corrected chi connectivity index (χ0v) is 13.2. The molecule has 22 heavy (non-hydrogen) atoms. The minimum atomic E-state index is -0.404. The van der Waals surface area contributed by atoms with Crippen LogP contribution in [0.5, 0.6) is 5.75 Å². The Morgan fingerprint density at radius 3 is 2.68 bits per heavy atom. The van der Waals surface area contributed by atoms with Crippen LogP contribution in [0, 0.1) is 13.8 Å². The monoisotopic (exact) mass is 304 g/mol. The minimum absolute atomic E-state index is 0.0394. The number of hydrogen-bond acceptors (Lipinski definition) is 3. The van der Waals surface area contributed by atoms with Gasteiger partial charge in [-0.05, 0) is 49.8 Å². The second-order valence-electron chi connectivity index (χ2n) is 5.99. The van der Waals surface area contributed by atoms with Gasteiger partial charge in [0.05, 0.1) is 0 Å². The molecule has 120 valence electrons. The molecular weight excluding hydrogens is 280 g/mol. The molecule has 1 aliphatic heterocycles. The summed E-state index contributed by atoms with van der Waals surface area (Å²) >= 11 is 0. The molecule has 5 nitrogen and oxygen atoms in total. The van der Waals surface area contributed by atoms with Crippen molar-refractivity contribution in [2.45, 2.75) is 52.0 Å². The molecule has 1 heterocycles. The first-order valence-corrected chi connectivity index (χ1v) is 7.83. The van der Waals surface area contributed by atoms with E-state index >= 15 is 0 Å². The zero-order chi connectivity index (χ0) is 16.1. The van der Waals surface area contributed by atoms with Crippen molar-refractivity contribution >= 4 is 11.8 Å². The first kappa shape index (κ1) is 16.3. The molecule has 1 aliphatic rings. The fourth-order valence-electron chi connectivity index (χ4n) is 2.81. The van der Waals surface area contributed by atoms with E-state index in [2.05, 4.69) is 10.6 Å². The van der Waals surface area contributed by atoms with E-state index in [9.17, 15) is 14.7 Å². The average Bonchev–Trinajstić information content (AvgIpc) is 2.69. The first-order valence-electron chi connectivity index (χ1n) is 7.83. The molecule has 0 bridgehead atoms. The van der Waals surface area contributed by atoms with Crippen LogP contribution in [0.4, 0.5) is 0 Å². The third-order valence-corrected chi connectivity index (χ3v) is 4.06. The molecule has 5 heteroatoms. The lowest BCUT2D eigenvalue weighted by atomic mass is 10.0. The predicted molar refractivity (Wildman–Crippen MR) is 84.7 cm³/mol. The number of amides is 2. The van der Waals surface area contributed by atoms with Gasteiger partial charge in [0.25, 0.3) is 0 Å². The van der Waals surface area contributed by atoms with Crippen molar-refractivity contribution in [3.63, 3.8) is 0 Å². The number of rotatable bonds is 4. The molecule has 2 amide bonds. The normalized spacial score (nSPS) is 18.5. The Labute approximate surface area is 131 Å². The van der Waals surface area contributed by atoms with Crippen LogP contribution >= 0.6 is 0 Å². The lowest BCUT2D eigenvalue weighted by Gasteiger charge is -2.16. The van der Waals surface area contributed by atoms with Crippen molar-refractivity contribution in [2.75, 3.05) is 6.54 Å². The lowest BCUT2D eigenvalue weighted by Crippen LogP contribution is -2.46. The van der Waals surface area contributed by atoms with Crippen molar-refractivity contribution in [3.8, 4) is 5.75 Å². The molecular formula is C17H24N2O3.